The fourth-order valence-electron chi connectivity index (χ4n) is 3.13. The number of carbonyl (C=O) groups excluding carboxylic acids is 1. The van der Waals surface area contributed by atoms with E-state index in [0.717, 1.165) is 31.2 Å². The highest BCUT2D eigenvalue weighted by Gasteiger charge is 2.19. The molecule has 0 saturated carbocycles. The number of hydrogen-bond donors (Lipinski definition) is 1. The number of aryl methyl sites for hydroxylation is 2. The van der Waals surface area contributed by atoms with E-state index in [-0.39, 0.29) is 16.9 Å². The molecule has 30 heavy (non-hydrogen) atoms. The normalized spacial score (nSPS) is 11.8. The molecule has 2 aromatic carbocycles. The van der Waals surface area contributed by atoms with Crippen LogP contribution < -0.4 is 5.48 Å². The van der Waals surface area contributed by atoms with Gasteiger partial charge >= 0.3 is 16.2 Å². The Balaban J connectivity index is 1.63. The predicted octanol–water partition coefficient (Wildman–Crippen LogP) is 5.17. The van der Waals surface area contributed by atoms with Crippen LogP contribution in [-0.2, 0) is 25.6 Å². The largest absolute Gasteiger partial charge is 0.448 e. The van der Waals surface area contributed by atoms with Crippen LogP contribution in [0.3, 0.4) is 0 Å². The molecule has 1 amide bonds. The lowest BCUT2D eigenvalue weighted by molar-refractivity contribution is 0.0975. The number of ether oxygens (including phenoxy) is 1. The number of amides is 1. The van der Waals surface area contributed by atoms with E-state index in [9.17, 15) is 13.2 Å². The molecule has 7 heteroatoms. The van der Waals surface area contributed by atoms with Crippen molar-refractivity contribution in [3.63, 3.8) is 0 Å². The predicted molar refractivity (Wildman–Crippen MR) is 116 cm³/mol. The summed E-state index contributed by atoms with van der Waals surface area (Å²) in [6.07, 6.45) is 3.90. The summed E-state index contributed by atoms with van der Waals surface area (Å²) < 4.78 is 33.6. The lowest BCUT2D eigenvalue weighted by atomic mass is 9.82. The van der Waals surface area contributed by atoms with Gasteiger partial charge in [-0.05, 0) is 62.1 Å². The maximum absolute atomic E-state index is 12.0. The van der Waals surface area contributed by atoms with Crippen LogP contribution in [0.5, 0.6) is 0 Å². The molecule has 0 atom stereocenters. The number of hydrogen-bond acceptors (Lipinski definition) is 5. The lowest BCUT2D eigenvalue weighted by Crippen LogP contribution is -2.28. The minimum absolute atomic E-state index is 0.0364. The van der Waals surface area contributed by atoms with Gasteiger partial charge in [0.1, 0.15) is 0 Å². The molecule has 0 spiro atoms. The molecule has 164 valence electrons. The van der Waals surface area contributed by atoms with Crippen LogP contribution in [0.15, 0.2) is 59.5 Å². The van der Waals surface area contributed by atoms with Crippen molar-refractivity contribution in [3.8, 4) is 0 Å². The van der Waals surface area contributed by atoms with Crippen molar-refractivity contribution in [2.75, 3.05) is 6.61 Å². The Bertz CT molecular complexity index is 893. The van der Waals surface area contributed by atoms with Gasteiger partial charge in [0.15, 0.2) is 0 Å². The molecule has 1 N–H and O–H groups in total. The van der Waals surface area contributed by atoms with Crippen molar-refractivity contribution >= 4 is 16.2 Å². The zero-order valence-corrected chi connectivity index (χ0v) is 18.7. The summed E-state index contributed by atoms with van der Waals surface area (Å²) in [6, 6.07) is 16.5. The average Bonchev–Trinajstić information content (AvgIpc) is 2.71. The summed E-state index contributed by atoms with van der Waals surface area (Å²) in [6.45, 7) is 6.45. The summed E-state index contributed by atoms with van der Waals surface area (Å²) in [5.41, 5.74) is 4.24. The van der Waals surface area contributed by atoms with E-state index in [1.807, 2.05) is 18.5 Å². The zero-order valence-electron chi connectivity index (χ0n) is 17.9. The van der Waals surface area contributed by atoms with Crippen LogP contribution in [0.2, 0.25) is 0 Å². The highest BCUT2D eigenvalue weighted by atomic mass is 32.2. The van der Waals surface area contributed by atoms with Gasteiger partial charge in [-0.1, -0.05) is 61.9 Å². The molecule has 0 unspecified atom stereocenters. The molecule has 0 aromatic heterocycles. The van der Waals surface area contributed by atoms with E-state index in [1.165, 1.54) is 17.7 Å². The van der Waals surface area contributed by atoms with E-state index >= 15 is 0 Å². The second-order valence-electron chi connectivity index (χ2n) is 8.20. The Hall–Kier alpha value is -2.38. The summed E-state index contributed by atoms with van der Waals surface area (Å²) >= 11 is 0. The van der Waals surface area contributed by atoms with Crippen molar-refractivity contribution in [2.45, 2.75) is 57.8 Å². The van der Waals surface area contributed by atoms with Gasteiger partial charge in [-0.3, -0.25) is 0 Å². The van der Waals surface area contributed by atoms with Crippen molar-refractivity contribution < 1.29 is 22.2 Å². The second-order valence-corrected chi connectivity index (χ2v) is 9.74. The number of benzene rings is 2. The Kier molecular flexibility index (Phi) is 8.87. The molecule has 0 aliphatic carbocycles. The molecular weight excluding hydrogens is 402 g/mol. The topological polar surface area (TPSA) is 81.7 Å². The smallest absolute Gasteiger partial charge is 0.432 e. The zero-order chi connectivity index (χ0) is 22.0. The van der Waals surface area contributed by atoms with Crippen LogP contribution in [-0.4, -0.2) is 21.1 Å². The summed E-state index contributed by atoms with van der Waals surface area (Å²) in [5, 5.41) is 0. The van der Waals surface area contributed by atoms with E-state index in [4.69, 9.17) is 4.74 Å². The number of rotatable bonds is 11. The van der Waals surface area contributed by atoms with Crippen molar-refractivity contribution in [1.29, 1.82) is 0 Å². The van der Waals surface area contributed by atoms with Crippen LogP contribution in [0.25, 0.3) is 0 Å². The second kappa shape index (κ2) is 11.1. The van der Waals surface area contributed by atoms with Crippen LogP contribution in [0.1, 0.15) is 50.7 Å². The van der Waals surface area contributed by atoms with Gasteiger partial charge in [0.2, 0.25) is 0 Å². The van der Waals surface area contributed by atoms with Gasteiger partial charge in [0.25, 0.3) is 0 Å². The maximum atomic E-state index is 12.0. The first-order valence-electron chi connectivity index (χ1n) is 10.1. The maximum Gasteiger partial charge on any atom is 0.432 e. The third-order valence-corrected chi connectivity index (χ3v) is 6.09. The molecule has 0 radical (unpaired) electrons. The minimum atomic E-state index is -4.07. The number of carbonyl (C=O) groups is 1. The monoisotopic (exact) mass is 433 g/mol. The highest BCUT2D eigenvalue weighted by Crippen LogP contribution is 2.29. The summed E-state index contributed by atoms with van der Waals surface area (Å²) in [5.74, 6) is 0. The first-order valence-corrected chi connectivity index (χ1v) is 11.6. The Morgan fingerprint density at radius 2 is 1.60 bits per heavy atom. The van der Waals surface area contributed by atoms with Crippen molar-refractivity contribution in [2.24, 2.45) is 5.41 Å². The molecule has 0 aliphatic rings. The van der Waals surface area contributed by atoms with Crippen molar-refractivity contribution in [1.82, 2.24) is 5.48 Å². The van der Waals surface area contributed by atoms with Gasteiger partial charge in [0.05, 0.1) is 11.5 Å². The standard InChI is InChI=1S/C23H31NO5S/c1-19-12-14-21(15-13-19)30(26,27)29-24-22(25)28-18-8-17-23(2,3)16-7-11-20-9-5-4-6-10-20/h4-6,9-10,12-15H,7-8,11,16-18H2,1-3H3,(H,24,25). The van der Waals surface area contributed by atoms with Crippen LogP contribution >= 0.6 is 0 Å². The summed E-state index contributed by atoms with van der Waals surface area (Å²) in [7, 11) is -4.07. The molecule has 0 fully saturated rings. The van der Waals surface area contributed by atoms with Crippen LogP contribution in [0.4, 0.5) is 4.79 Å². The lowest BCUT2D eigenvalue weighted by Gasteiger charge is -2.24. The number of hydroxylamine groups is 1. The SMILES string of the molecule is Cc1ccc(S(=O)(=O)ONC(=O)OCCCC(C)(C)CCCc2ccccc2)cc1. The fourth-order valence-corrected chi connectivity index (χ4v) is 3.87. The molecule has 0 saturated heterocycles. The van der Waals surface area contributed by atoms with Gasteiger partial charge < -0.3 is 4.74 Å². The molecule has 0 bridgehead atoms. The average molecular weight is 434 g/mol. The van der Waals surface area contributed by atoms with E-state index in [1.54, 1.807) is 12.1 Å². The van der Waals surface area contributed by atoms with Crippen LogP contribution in [0, 0.1) is 12.3 Å². The third kappa shape index (κ3) is 8.55. The quantitative estimate of drug-likeness (QED) is 0.390. The van der Waals surface area contributed by atoms with Gasteiger partial charge in [0, 0.05) is 0 Å². The molecule has 0 heterocycles. The van der Waals surface area contributed by atoms with E-state index in [0.29, 0.717) is 6.42 Å². The molecule has 2 rings (SSSR count). The van der Waals surface area contributed by atoms with E-state index < -0.39 is 16.2 Å². The van der Waals surface area contributed by atoms with Gasteiger partial charge in [-0.15, -0.1) is 4.28 Å². The molecule has 6 nitrogen and oxygen atoms in total. The molecular formula is C23H31NO5S. The van der Waals surface area contributed by atoms with Crippen molar-refractivity contribution in [3.05, 3.63) is 65.7 Å². The Morgan fingerprint density at radius 3 is 2.27 bits per heavy atom. The third-order valence-electron chi connectivity index (χ3n) is 4.94. The Morgan fingerprint density at radius 1 is 0.967 bits per heavy atom. The minimum Gasteiger partial charge on any atom is -0.448 e. The van der Waals surface area contributed by atoms with Gasteiger partial charge in [-0.2, -0.15) is 13.9 Å². The highest BCUT2D eigenvalue weighted by molar-refractivity contribution is 7.86. The number of nitrogens with one attached hydrogen (secondary N) is 1. The fraction of sp³-hybridized carbons (Fsp3) is 0.435. The molecule has 2 aromatic rings. The first-order chi connectivity index (χ1) is 14.2. The van der Waals surface area contributed by atoms with Gasteiger partial charge in [-0.25, -0.2) is 4.79 Å². The molecule has 0 aliphatic heterocycles. The Labute approximate surface area is 179 Å². The summed E-state index contributed by atoms with van der Waals surface area (Å²) in [4.78, 5) is 11.7. The van der Waals surface area contributed by atoms with E-state index in [2.05, 4.69) is 42.4 Å². The first kappa shape index (κ1) is 23.9.